The number of methoxy groups -OCH3 is 6. The van der Waals surface area contributed by atoms with Crippen molar-refractivity contribution < 1.29 is 28.4 Å². The largest absolute Gasteiger partial charge is 0.497 e. The van der Waals surface area contributed by atoms with Crippen LogP contribution in [0.4, 0.5) is 68.2 Å². The quantitative estimate of drug-likeness (QED) is 0.0407. The summed E-state index contributed by atoms with van der Waals surface area (Å²) in [4.78, 5) is 9.34. The van der Waals surface area contributed by atoms with Crippen LogP contribution in [0.25, 0.3) is 33.4 Å². The first kappa shape index (κ1) is 68.2. The van der Waals surface area contributed by atoms with Crippen LogP contribution in [-0.2, 0) is 5.41 Å². The zero-order valence-corrected chi connectivity index (χ0v) is 59.4. The molecule has 12 aromatic carbocycles. The second-order valence-electron chi connectivity index (χ2n) is 25.9. The van der Waals surface area contributed by atoms with Crippen LogP contribution in [0.5, 0.6) is 34.5 Å². The van der Waals surface area contributed by atoms with Crippen molar-refractivity contribution in [3.63, 3.8) is 0 Å². The van der Waals surface area contributed by atoms with E-state index < -0.39 is 0 Å². The number of benzene rings is 12. The SMILES string of the molecule is CCCCCCC1(CCCCCC)c2cc(N(c3ccc(OC)cc3)c3ccc(-c4ccc(N(c5ccc(OC)cc5)c5ccc(OC)cc5)cc4)cc3)ccc2-c2ccc(N(c3ccc(OC)cc3)c3ccc(-c4ccc(N(c5ccc(OC)cc5)c5ccc(OC)cc5)cc4)cc3)cc21. The van der Waals surface area contributed by atoms with Crippen LogP contribution in [0.3, 0.4) is 0 Å². The molecule has 13 rings (SSSR count). The topological polar surface area (TPSA) is 68.3 Å². The molecule has 0 N–H and O–H groups in total. The Balaban J connectivity index is 0.860. The highest BCUT2D eigenvalue weighted by Crippen LogP contribution is 2.57. The first-order chi connectivity index (χ1) is 49.7. The summed E-state index contributed by atoms with van der Waals surface area (Å²) in [5, 5.41) is 0. The third-order valence-electron chi connectivity index (χ3n) is 19.9. The normalized spacial score (nSPS) is 11.8. The number of nitrogens with zero attached hydrogens (tertiary/aromatic N) is 4. The van der Waals surface area contributed by atoms with Crippen LogP contribution in [0, 0.1) is 0 Å². The molecule has 1 aliphatic rings. The summed E-state index contributed by atoms with van der Waals surface area (Å²) in [7, 11) is 10.2. The predicted octanol–water partition coefficient (Wildman–Crippen LogP) is 25.2. The minimum atomic E-state index is -0.256. The summed E-state index contributed by atoms with van der Waals surface area (Å²) in [6.07, 6.45) is 11.5. The van der Waals surface area contributed by atoms with E-state index in [4.69, 9.17) is 28.4 Å². The van der Waals surface area contributed by atoms with Crippen molar-refractivity contribution in [1.82, 2.24) is 0 Å². The Morgan fingerprint density at radius 1 is 0.218 bits per heavy atom. The first-order valence-electron chi connectivity index (χ1n) is 35.4. The molecule has 10 heteroatoms. The highest BCUT2D eigenvalue weighted by Gasteiger charge is 2.43. The second kappa shape index (κ2) is 31.7. The van der Waals surface area contributed by atoms with Gasteiger partial charge >= 0.3 is 0 Å². The van der Waals surface area contributed by atoms with Crippen molar-refractivity contribution in [3.05, 3.63) is 290 Å². The van der Waals surface area contributed by atoms with Gasteiger partial charge in [0.2, 0.25) is 0 Å². The summed E-state index contributed by atoms with van der Waals surface area (Å²) in [6.45, 7) is 4.63. The summed E-state index contributed by atoms with van der Waals surface area (Å²) in [5.41, 5.74) is 22.3. The average molecular weight is 1340 g/mol. The van der Waals surface area contributed by atoms with E-state index in [9.17, 15) is 0 Å². The maximum Gasteiger partial charge on any atom is 0.119 e. The lowest BCUT2D eigenvalue weighted by Gasteiger charge is -2.35. The summed E-state index contributed by atoms with van der Waals surface area (Å²) in [5.74, 6) is 4.86. The zero-order valence-electron chi connectivity index (χ0n) is 59.4. The fraction of sp³-hybridized carbons (Fsp3) is 0.209. The zero-order chi connectivity index (χ0) is 69.7. The summed E-state index contributed by atoms with van der Waals surface area (Å²) in [6, 6.07) is 100. The van der Waals surface area contributed by atoms with Crippen LogP contribution in [0.1, 0.15) is 89.2 Å². The van der Waals surface area contributed by atoms with Crippen molar-refractivity contribution in [3.8, 4) is 67.9 Å². The molecule has 0 unspecified atom stereocenters. The van der Waals surface area contributed by atoms with E-state index in [2.05, 4.69) is 264 Å². The van der Waals surface area contributed by atoms with Gasteiger partial charge in [0, 0.05) is 73.7 Å². The third kappa shape index (κ3) is 14.7. The minimum absolute atomic E-state index is 0.256. The maximum absolute atomic E-state index is 5.76. The molecule has 0 amide bonds. The molecule has 0 saturated heterocycles. The van der Waals surface area contributed by atoms with E-state index in [-0.39, 0.29) is 5.41 Å². The second-order valence-corrected chi connectivity index (χ2v) is 25.9. The predicted molar refractivity (Wildman–Crippen MR) is 419 cm³/mol. The van der Waals surface area contributed by atoms with Gasteiger partial charge in [-0.1, -0.05) is 126 Å². The fourth-order valence-electron chi connectivity index (χ4n) is 14.5. The number of unbranched alkanes of at least 4 members (excludes halogenated alkanes) is 6. The average Bonchev–Trinajstić information content (AvgIpc) is 1.56. The standard InChI is InChI=1S/C91H90N4O6/c1-9-11-13-15-61-91(62-16-14-12-10-2)89-63-79(94(77-41-55-85(100-7)56-42-77)71-29-21-67(22-30-71)65-17-25-69(26-18-65)92(73-33-47-81(96-3)48-34-73)74-35-49-82(97-4)50-36-74)45-59-87(89)88-60-46-80(64-90(88)91)95(78-43-57-86(101-8)58-44-78)72-31-23-68(24-32-72)66-19-27-70(28-20-66)93(75-37-51-83(98-5)52-38-75)76-39-53-84(99-6)54-40-76/h17-60,63-64H,9-16,61-62H2,1-8H3. The lowest BCUT2D eigenvalue weighted by atomic mass is 9.70. The molecule has 0 aromatic heterocycles. The van der Waals surface area contributed by atoms with Crippen LogP contribution in [-0.4, -0.2) is 42.7 Å². The van der Waals surface area contributed by atoms with Gasteiger partial charge in [-0.15, -0.1) is 0 Å². The van der Waals surface area contributed by atoms with Crippen LogP contribution in [0.15, 0.2) is 279 Å². The number of hydrogen-bond acceptors (Lipinski definition) is 10. The van der Waals surface area contributed by atoms with Gasteiger partial charge in [-0.05, 0) is 276 Å². The molecule has 0 fully saturated rings. The third-order valence-corrected chi connectivity index (χ3v) is 19.9. The molecule has 12 aromatic rings. The Bertz CT molecular complexity index is 4250. The van der Waals surface area contributed by atoms with Gasteiger partial charge in [-0.3, -0.25) is 0 Å². The van der Waals surface area contributed by atoms with E-state index in [0.29, 0.717) is 0 Å². The highest BCUT2D eigenvalue weighted by atomic mass is 16.5. The van der Waals surface area contributed by atoms with E-state index >= 15 is 0 Å². The fourth-order valence-corrected chi connectivity index (χ4v) is 14.5. The molecule has 0 saturated carbocycles. The first-order valence-corrected chi connectivity index (χ1v) is 35.4. The summed E-state index contributed by atoms with van der Waals surface area (Å²) >= 11 is 0. The van der Waals surface area contributed by atoms with Gasteiger partial charge < -0.3 is 48.0 Å². The molecule has 1 aliphatic carbocycles. The number of ether oxygens (including phenoxy) is 6. The molecule has 0 radical (unpaired) electrons. The molecule has 10 nitrogen and oxygen atoms in total. The van der Waals surface area contributed by atoms with Crippen LogP contribution >= 0.6 is 0 Å². The molecule has 0 atom stereocenters. The molecule has 0 spiro atoms. The Kier molecular flexibility index (Phi) is 21.4. The van der Waals surface area contributed by atoms with Gasteiger partial charge in [-0.25, -0.2) is 0 Å². The Hall–Kier alpha value is -11.4. The van der Waals surface area contributed by atoms with E-state index in [1.807, 2.05) is 48.5 Å². The van der Waals surface area contributed by atoms with E-state index in [1.165, 1.54) is 60.8 Å². The number of rotatable bonds is 30. The van der Waals surface area contributed by atoms with Crippen LogP contribution < -0.4 is 48.0 Å². The number of fused-ring (bicyclic) bond motifs is 3. The van der Waals surface area contributed by atoms with E-state index in [1.54, 1.807) is 42.7 Å². The molecule has 0 aliphatic heterocycles. The molecular weight excluding hydrogens is 1250 g/mol. The molecule has 510 valence electrons. The Morgan fingerprint density at radius 2 is 0.406 bits per heavy atom. The minimum Gasteiger partial charge on any atom is -0.497 e. The van der Waals surface area contributed by atoms with Gasteiger partial charge in [0.05, 0.1) is 42.7 Å². The van der Waals surface area contributed by atoms with E-state index in [0.717, 1.165) is 151 Å². The van der Waals surface area contributed by atoms with Crippen molar-refractivity contribution in [2.24, 2.45) is 0 Å². The van der Waals surface area contributed by atoms with Gasteiger partial charge in [-0.2, -0.15) is 0 Å². The molecule has 0 heterocycles. The van der Waals surface area contributed by atoms with Crippen molar-refractivity contribution in [2.75, 3.05) is 62.3 Å². The molecular formula is C91H90N4O6. The van der Waals surface area contributed by atoms with Crippen LogP contribution in [0.2, 0.25) is 0 Å². The molecule has 101 heavy (non-hydrogen) atoms. The molecule has 0 bridgehead atoms. The van der Waals surface area contributed by atoms with Crippen molar-refractivity contribution in [2.45, 2.75) is 83.5 Å². The van der Waals surface area contributed by atoms with Crippen molar-refractivity contribution >= 4 is 68.2 Å². The van der Waals surface area contributed by atoms with Gasteiger partial charge in [0.25, 0.3) is 0 Å². The number of hydrogen-bond donors (Lipinski definition) is 0. The lowest BCUT2D eigenvalue weighted by molar-refractivity contribution is 0.401. The highest BCUT2D eigenvalue weighted by molar-refractivity contribution is 5.90. The maximum atomic E-state index is 5.76. The summed E-state index contributed by atoms with van der Waals surface area (Å²) < 4.78 is 33.7. The Labute approximate surface area is 597 Å². The lowest BCUT2D eigenvalue weighted by Crippen LogP contribution is -2.26. The smallest absolute Gasteiger partial charge is 0.119 e. The Morgan fingerprint density at radius 3 is 0.604 bits per heavy atom. The van der Waals surface area contributed by atoms with Gasteiger partial charge in [0.1, 0.15) is 34.5 Å². The van der Waals surface area contributed by atoms with Crippen molar-refractivity contribution in [1.29, 1.82) is 0 Å². The monoisotopic (exact) mass is 1330 g/mol. The number of anilines is 12. The van der Waals surface area contributed by atoms with Gasteiger partial charge in [0.15, 0.2) is 0 Å².